The number of nitro benzene ring substituents is 1. The first-order chi connectivity index (χ1) is 11.1. The van der Waals surface area contributed by atoms with E-state index in [1.54, 1.807) is 12.1 Å². The standard InChI is InChI=1S/C16H22N4O3.2ClH/c21-16(15-6-1-2-7-17-15)19-10-8-18(9-11-19)13-4-3-5-14(12-13)20(22)23;;/h3-5,12,15,17H,1-2,6-11H2;2*1H. The van der Waals surface area contributed by atoms with Crippen molar-refractivity contribution in [1.82, 2.24) is 10.2 Å². The van der Waals surface area contributed by atoms with Crippen LogP contribution in [0.2, 0.25) is 0 Å². The molecule has 7 nitrogen and oxygen atoms in total. The van der Waals surface area contributed by atoms with Gasteiger partial charge in [-0.25, -0.2) is 0 Å². The second kappa shape index (κ2) is 9.79. The van der Waals surface area contributed by atoms with E-state index in [4.69, 9.17) is 0 Å². The highest BCUT2D eigenvalue weighted by Gasteiger charge is 2.28. The topological polar surface area (TPSA) is 78.7 Å². The molecule has 1 N–H and O–H groups in total. The van der Waals surface area contributed by atoms with Crippen LogP contribution in [0.25, 0.3) is 0 Å². The van der Waals surface area contributed by atoms with Crippen LogP contribution in [0.1, 0.15) is 19.3 Å². The van der Waals surface area contributed by atoms with Gasteiger partial charge in [-0.1, -0.05) is 12.5 Å². The lowest BCUT2D eigenvalue weighted by molar-refractivity contribution is -0.384. The van der Waals surface area contributed by atoms with Gasteiger partial charge >= 0.3 is 0 Å². The molecule has 9 heteroatoms. The van der Waals surface area contributed by atoms with Crippen molar-refractivity contribution in [3.63, 3.8) is 0 Å². The summed E-state index contributed by atoms with van der Waals surface area (Å²) in [6, 6.07) is 6.65. The van der Waals surface area contributed by atoms with E-state index in [1.165, 1.54) is 6.07 Å². The van der Waals surface area contributed by atoms with Crippen molar-refractivity contribution in [3.05, 3.63) is 34.4 Å². The number of amides is 1. The van der Waals surface area contributed by atoms with Gasteiger partial charge in [0, 0.05) is 44.0 Å². The second-order valence-corrected chi connectivity index (χ2v) is 6.09. The van der Waals surface area contributed by atoms with Gasteiger partial charge in [0.1, 0.15) is 0 Å². The number of non-ortho nitro benzene ring substituents is 1. The minimum Gasteiger partial charge on any atom is -0.368 e. The molecule has 1 aromatic carbocycles. The van der Waals surface area contributed by atoms with E-state index in [1.807, 2.05) is 11.0 Å². The molecule has 1 unspecified atom stereocenters. The largest absolute Gasteiger partial charge is 0.368 e. The molecule has 2 fully saturated rings. The minimum atomic E-state index is -0.377. The van der Waals surface area contributed by atoms with E-state index < -0.39 is 0 Å². The molecular formula is C16H24Cl2N4O3. The average molecular weight is 391 g/mol. The van der Waals surface area contributed by atoms with Gasteiger partial charge < -0.3 is 15.1 Å². The summed E-state index contributed by atoms with van der Waals surface area (Å²) in [5, 5.41) is 14.2. The molecule has 2 aliphatic heterocycles. The highest BCUT2D eigenvalue weighted by atomic mass is 35.5. The third-order valence-corrected chi connectivity index (χ3v) is 4.61. The van der Waals surface area contributed by atoms with Crippen LogP contribution < -0.4 is 10.2 Å². The molecule has 2 saturated heterocycles. The predicted octanol–water partition coefficient (Wildman–Crippen LogP) is 2.23. The lowest BCUT2D eigenvalue weighted by Crippen LogP contribution is -2.55. The number of hydrogen-bond acceptors (Lipinski definition) is 5. The van der Waals surface area contributed by atoms with Gasteiger partial charge in [-0.3, -0.25) is 14.9 Å². The number of piperazine rings is 1. The first kappa shape index (κ1) is 21.5. The summed E-state index contributed by atoms with van der Waals surface area (Å²) in [6.07, 6.45) is 3.17. The van der Waals surface area contributed by atoms with E-state index in [9.17, 15) is 14.9 Å². The van der Waals surface area contributed by atoms with E-state index in [0.29, 0.717) is 26.2 Å². The summed E-state index contributed by atoms with van der Waals surface area (Å²) < 4.78 is 0. The highest BCUT2D eigenvalue weighted by Crippen LogP contribution is 2.22. The molecular weight excluding hydrogens is 367 g/mol. The quantitative estimate of drug-likeness (QED) is 0.632. The molecule has 2 aliphatic rings. The number of nitro groups is 1. The molecule has 25 heavy (non-hydrogen) atoms. The van der Waals surface area contributed by atoms with Crippen LogP contribution in [-0.2, 0) is 4.79 Å². The number of halogens is 2. The van der Waals surface area contributed by atoms with Crippen molar-refractivity contribution in [1.29, 1.82) is 0 Å². The van der Waals surface area contributed by atoms with Gasteiger partial charge in [-0.05, 0) is 25.5 Å². The van der Waals surface area contributed by atoms with Crippen molar-refractivity contribution in [2.24, 2.45) is 0 Å². The van der Waals surface area contributed by atoms with Crippen LogP contribution in [0.4, 0.5) is 11.4 Å². The van der Waals surface area contributed by atoms with Gasteiger partial charge in [0.25, 0.3) is 5.69 Å². The molecule has 1 aromatic rings. The van der Waals surface area contributed by atoms with Crippen LogP contribution in [0.15, 0.2) is 24.3 Å². The number of carbonyl (C=O) groups excluding carboxylic acids is 1. The van der Waals surface area contributed by atoms with E-state index in [0.717, 1.165) is 31.5 Å². The zero-order valence-corrected chi connectivity index (χ0v) is 15.6. The van der Waals surface area contributed by atoms with E-state index >= 15 is 0 Å². The zero-order chi connectivity index (χ0) is 16.2. The smallest absolute Gasteiger partial charge is 0.271 e. The maximum atomic E-state index is 12.5. The number of anilines is 1. The summed E-state index contributed by atoms with van der Waals surface area (Å²) in [6.45, 7) is 3.67. The normalized spacial score (nSPS) is 20.2. The van der Waals surface area contributed by atoms with Crippen LogP contribution in [0.5, 0.6) is 0 Å². The molecule has 0 bridgehead atoms. The number of nitrogens with one attached hydrogen (secondary N) is 1. The number of nitrogens with zero attached hydrogens (tertiary/aromatic N) is 3. The predicted molar refractivity (Wildman–Crippen MR) is 102 cm³/mol. The summed E-state index contributed by atoms with van der Waals surface area (Å²) >= 11 is 0. The molecule has 2 heterocycles. The molecule has 1 amide bonds. The molecule has 1 atom stereocenters. The van der Waals surface area contributed by atoms with Gasteiger partial charge in [-0.2, -0.15) is 0 Å². The lowest BCUT2D eigenvalue weighted by atomic mass is 10.0. The van der Waals surface area contributed by atoms with Crippen molar-refractivity contribution < 1.29 is 9.72 Å². The zero-order valence-electron chi connectivity index (χ0n) is 13.9. The molecule has 140 valence electrons. The fraction of sp³-hybridized carbons (Fsp3) is 0.562. The molecule has 0 spiro atoms. The van der Waals surface area contributed by atoms with Gasteiger partial charge in [0.2, 0.25) is 5.91 Å². The Balaban J connectivity index is 0.00000156. The molecule has 0 aliphatic carbocycles. The Bertz CT molecular complexity index is 588. The maximum absolute atomic E-state index is 12.5. The van der Waals surface area contributed by atoms with Gasteiger partial charge in [-0.15, -0.1) is 24.8 Å². The van der Waals surface area contributed by atoms with Crippen LogP contribution in [0.3, 0.4) is 0 Å². The maximum Gasteiger partial charge on any atom is 0.271 e. The second-order valence-electron chi connectivity index (χ2n) is 6.09. The van der Waals surface area contributed by atoms with Crippen molar-refractivity contribution in [2.45, 2.75) is 25.3 Å². The van der Waals surface area contributed by atoms with Crippen molar-refractivity contribution >= 4 is 42.1 Å². The van der Waals surface area contributed by atoms with E-state index in [-0.39, 0.29) is 47.4 Å². The van der Waals surface area contributed by atoms with Gasteiger partial charge in [0.05, 0.1) is 11.0 Å². The molecule has 3 rings (SSSR count). The Morgan fingerprint density at radius 1 is 1.16 bits per heavy atom. The van der Waals surface area contributed by atoms with Gasteiger partial charge in [0.15, 0.2) is 0 Å². The lowest BCUT2D eigenvalue weighted by Gasteiger charge is -2.38. The number of piperidine rings is 1. The first-order valence-electron chi connectivity index (χ1n) is 8.17. The Kier molecular flexibility index (Phi) is 8.41. The van der Waals surface area contributed by atoms with Crippen molar-refractivity contribution in [2.75, 3.05) is 37.6 Å². The number of hydrogen-bond donors (Lipinski definition) is 1. The number of carbonyl (C=O) groups is 1. The summed E-state index contributed by atoms with van der Waals surface area (Å²) in [4.78, 5) is 27.0. The Hall–Kier alpha value is -1.57. The van der Waals surface area contributed by atoms with Crippen molar-refractivity contribution in [3.8, 4) is 0 Å². The van der Waals surface area contributed by atoms with Crippen LogP contribution >= 0.6 is 24.8 Å². The van der Waals surface area contributed by atoms with Crippen LogP contribution in [-0.4, -0.2) is 54.5 Å². The highest BCUT2D eigenvalue weighted by molar-refractivity contribution is 5.85. The Morgan fingerprint density at radius 3 is 2.48 bits per heavy atom. The monoisotopic (exact) mass is 390 g/mol. The third-order valence-electron chi connectivity index (χ3n) is 4.61. The van der Waals surface area contributed by atoms with Crippen LogP contribution in [0, 0.1) is 10.1 Å². The Labute approximate surface area is 159 Å². The Morgan fingerprint density at radius 2 is 1.88 bits per heavy atom. The fourth-order valence-corrected chi connectivity index (χ4v) is 3.27. The molecule has 0 aromatic heterocycles. The molecule has 0 saturated carbocycles. The molecule has 0 radical (unpaired) electrons. The SMILES string of the molecule is Cl.Cl.O=C(C1CCCCN1)N1CCN(c2cccc([N+](=O)[O-])c2)CC1. The minimum absolute atomic E-state index is 0. The van der Waals surface area contributed by atoms with E-state index in [2.05, 4.69) is 10.2 Å². The number of benzene rings is 1. The number of rotatable bonds is 3. The third kappa shape index (κ3) is 5.20. The summed E-state index contributed by atoms with van der Waals surface area (Å²) in [5.74, 6) is 0.198. The average Bonchev–Trinajstić information content (AvgIpc) is 2.62. The first-order valence-corrected chi connectivity index (χ1v) is 8.17. The summed E-state index contributed by atoms with van der Waals surface area (Å²) in [5.41, 5.74) is 0.953. The summed E-state index contributed by atoms with van der Waals surface area (Å²) in [7, 11) is 0. The fourth-order valence-electron chi connectivity index (χ4n) is 3.27.